The monoisotopic (exact) mass is 428 g/mol. The maximum absolute atomic E-state index is 13.8. The Hall–Kier alpha value is -3.72. The quantitative estimate of drug-likeness (QED) is 0.584. The van der Waals surface area contributed by atoms with Crippen LogP contribution in [-0.2, 0) is 14.8 Å². The van der Waals surface area contributed by atoms with E-state index in [0.29, 0.717) is 11.3 Å². The molecule has 0 atom stereocenters. The van der Waals surface area contributed by atoms with Crippen molar-refractivity contribution in [3.05, 3.63) is 89.7 Å². The van der Waals surface area contributed by atoms with Gasteiger partial charge in [0.15, 0.2) is 0 Å². The Labute approximate surface area is 172 Å². The van der Waals surface area contributed by atoms with Crippen LogP contribution in [0.2, 0.25) is 0 Å². The van der Waals surface area contributed by atoms with E-state index in [0.717, 1.165) is 6.07 Å². The second kappa shape index (κ2) is 8.75. The molecular weight excluding hydrogens is 411 g/mol. The molecule has 0 aliphatic carbocycles. The largest absolute Gasteiger partial charge is 0.465 e. The van der Waals surface area contributed by atoms with Crippen LogP contribution in [0, 0.1) is 5.82 Å². The Kier molecular flexibility index (Phi) is 6.12. The lowest BCUT2D eigenvalue weighted by Gasteiger charge is -2.10. The summed E-state index contributed by atoms with van der Waals surface area (Å²) in [5, 5.41) is 2.61. The lowest BCUT2D eigenvalue weighted by atomic mass is 10.2. The first-order valence-corrected chi connectivity index (χ1v) is 10.2. The molecule has 0 heterocycles. The molecule has 0 saturated carbocycles. The second-order valence-electron chi connectivity index (χ2n) is 6.14. The zero-order valence-corrected chi connectivity index (χ0v) is 16.6. The van der Waals surface area contributed by atoms with E-state index < -0.39 is 27.7 Å². The van der Waals surface area contributed by atoms with Crippen molar-refractivity contribution in [1.29, 1.82) is 0 Å². The summed E-state index contributed by atoms with van der Waals surface area (Å²) < 4.78 is 45.7. The molecule has 0 unspecified atom stereocenters. The van der Waals surface area contributed by atoms with Gasteiger partial charge in [0, 0.05) is 11.3 Å². The molecular formula is C21H17FN2O5S. The summed E-state index contributed by atoms with van der Waals surface area (Å²) >= 11 is 0. The Morgan fingerprint density at radius 2 is 1.60 bits per heavy atom. The number of carbonyl (C=O) groups excluding carboxylic acids is 2. The van der Waals surface area contributed by atoms with Gasteiger partial charge < -0.3 is 10.1 Å². The van der Waals surface area contributed by atoms with Crippen LogP contribution in [0.5, 0.6) is 0 Å². The van der Waals surface area contributed by atoms with Crippen LogP contribution in [0.25, 0.3) is 0 Å². The fourth-order valence-electron chi connectivity index (χ4n) is 2.56. The molecule has 3 aromatic carbocycles. The number of hydrogen-bond donors (Lipinski definition) is 2. The highest BCUT2D eigenvalue weighted by Gasteiger charge is 2.18. The van der Waals surface area contributed by atoms with E-state index in [1.807, 2.05) is 0 Å². The number of esters is 1. The zero-order valence-electron chi connectivity index (χ0n) is 15.8. The molecule has 0 spiro atoms. The van der Waals surface area contributed by atoms with Crippen LogP contribution in [-0.4, -0.2) is 27.4 Å². The van der Waals surface area contributed by atoms with Crippen LogP contribution in [0.3, 0.4) is 0 Å². The molecule has 30 heavy (non-hydrogen) atoms. The van der Waals surface area contributed by atoms with E-state index in [1.54, 1.807) is 0 Å². The highest BCUT2D eigenvalue weighted by molar-refractivity contribution is 7.92. The van der Waals surface area contributed by atoms with Crippen molar-refractivity contribution >= 4 is 33.3 Å². The van der Waals surface area contributed by atoms with Crippen LogP contribution < -0.4 is 10.0 Å². The molecule has 0 aliphatic rings. The van der Waals surface area contributed by atoms with Crippen molar-refractivity contribution in [3.63, 3.8) is 0 Å². The molecule has 0 radical (unpaired) electrons. The van der Waals surface area contributed by atoms with Crippen molar-refractivity contribution in [3.8, 4) is 0 Å². The van der Waals surface area contributed by atoms with Gasteiger partial charge in [-0.3, -0.25) is 9.52 Å². The van der Waals surface area contributed by atoms with Gasteiger partial charge in [-0.2, -0.15) is 0 Å². The number of nitrogens with one attached hydrogen (secondary N) is 2. The van der Waals surface area contributed by atoms with Gasteiger partial charge in [0.1, 0.15) is 5.82 Å². The Morgan fingerprint density at radius 3 is 2.27 bits per heavy atom. The molecule has 154 valence electrons. The van der Waals surface area contributed by atoms with E-state index in [-0.39, 0.29) is 16.1 Å². The number of carbonyl (C=O) groups is 2. The maximum atomic E-state index is 13.8. The average Bonchev–Trinajstić information content (AvgIpc) is 2.75. The minimum absolute atomic E-state index is 0.0865. The number of benzene rings is 3. The molecule has 2 N–H and O–H groups in total. The molecule has 9 heteroatoms. The summed E-state index contributed by atoms with van der Waals surface area (Å²) in [6.45, 7) is 0. The molecule has 1 amide bonds. The summed E-state index contributed by atoms with van der Waals surface area (Å²) in [5.74, 6) is -1.78. The number of halogens is 1. The molecule has 7 nitrogen and oxygen atoms in total. The van der Waals surface area contributed by atoms with Crippen molar-refractivity contribution in [2.24, 2.45) is 0 Å². The summed E-state index contributed by atoms with van der Waals surface area (Å²) in [4.78, 5) is 23.8. The lowest BCUT2D eigenvalue weighted by molar-refractivity contribution is 0.0600. The summed E-state index contributed by atoms with van der Waals surface area (Å²) in [6, 6.07) is 16.7. The molecule has 0 bridgehead atoms. The van der Waals surface area contributed by atoms with Crippen molar-refractivity contribution in [2.45, 2.75) is 4.90 Å². The molecule has 3 rings (SSSR count). The normalized spacial score (nSPS) is 10.9. The van der Waals surface area contributed by atoms with Crippen LogP contribution in [0.15, 0.2) is 77.7 Å². The summed E-state index contributed by atoms with van der Waals surface area (Å²) in [6.07, 6.45) is 0. The van der Waals surface area contributed by atoms with E-state index in [1.165, 1.54) is 73.8 Å². The van der Waals surface area contributed by atoms with Crippen LogP contribution in [0.4, 0.5) is 15.8 Å². The van der Waals surface area contributed by atoms with Gasteiger partial charge >= 0.3 is 5.97 Å². The maximum Gasteiger partial charge on any atom is 0.337 e. The van der Waals surface area contributed by atoms with Crippen LogP contribution >= 0.6 is 0 Å². The predicted octanol–water partition coefficient (Wildman–Crippen LogP) is 3.67. The number of sulfonamides is 1. The molecule has 0 saturated heterocycles. The molecule has 0 aromatic heterocycles. The van der Waals surface area contributed by atoms with Gasteiger partial charge in [-0.1, -0.05) is 18.2 Å². The van der Waals surface area contributed by atoms with E-state index in [9.17, 15) is 22.4 Å². The number of amides is 1. The van der Waals surface area contributed by atoms with Crippen molar-refractivity contribution < 1.29 is 27.1 Å². The third-order valence-electron chi connectivity index (χ3n) is 4.09. The van der Waals surface area contributed by atoms with Gasteiger partial charge in [0.25, 0.3) is 15.9 Å². The van der Waals surface area contributed by atoms with Gasteiger partial charge in [-0.05, 0) is 54.6 Å². The first kappa shape index (κ1) is 21.0. The Morgan fingerprint density at radius 1 is 0.900 bits per heavy atom. The third kappa shape index (κ3) is 4.81. The molecule has 0 aliphatic heterocycles. The smallest absolute Gasteiger partial charge is 0.337 e. The van der Waals surface area contributed by atoms with Gasteiger partial charge in [0.2, 0.25) is 0 Å². The number of anilines is 2. The summed E-state index contributed by atoms with van der Waals surface area (Å²) in [7, 11) is -2.84. The van der Waals surface area contributed by atoms with E-state index in [4.69, 9.17) is 0 Å². The minimum atomic E-state index is -4.10. The minimum Gasteiger partial charge on any atom is -0.465 e. The molecule has 0 fully saturated rings. The zero-order chi connectivity index (χ0) is 21.7. The van der Waals surface area contributed by atoms with Crippen molar-refractivity contribution in [1.82, 2.24) is 0 Å². The van der Waals surface area contributed by atoms with Gasteiger partial charge in [0.05, 0.1) is 23.3 Å². The number of hydrogen-bond acceptors (Lipinski definition) is 5. The first-order chi connectivity index (χ1) is 14.3. The topological polar surface area (TPSA) is 102 Å². The fraction of sp³-hybridized carbons (Fsp3) is 0.0476. The summed E-state index contributed by atoms with van der Waals surface area (Å²) in [5.41, 5.74) is 0.620. The number of para-hydroxylation sites is 1. The number of rotatable bonds is 6. The Balaban J connectivity index is 1.78. The van der Waals surface area contributed by atoms with Crippen LogP contribution in [0.1, 0.15) is 20.7 Å². The lowest BCUT2D eigenvalue weighted by Crippen LogP contribution is -2.16. The van der Waals surface area contributed by atoms with E-state index >= 15 is 0 Å². The van der Waals surface area contributed by atoms with Gasteiger partial charge in [-0.15, -0.1) is 0 Å². The standard InChI is InChI=1S/C21H17FN2O5S/c1-29-21(26)14-9-11-16(12-10-14)23-20(25)15-5-4-6-17(13-15)30(27,28)24-19-8-3-2-7-18(19)22/h2-13,24H,1H3,(H,23,25). The van der Waals surface area contributed by atoms with E-state index in [2.05, 4.69) is 14.8 Å². The highest BCUT2D eigenvalue weighted by atomic mass is 32.2. The number of ether oxygens (including phenoxy) is 1. The van der Waals surface area contributed by atoms with Crippen molar-refractivity contribution in [2.75, 3.05) is 17.1 Å². The SMILES string of the molecule is COC(=O)c1ccc(NC(=O)c2cccc(S(=O)(=O)Nc3ccccc3F)c2)cc1. The van der Waals surface area contributed by atoms with Gasteiger partial charge in [-0.25, -0.2) is 17.6 Å². The molecule has 3 aromatic rings. The predicted molar refractivity (Wildman–Crippen MR) is 109 cm³/mol. The second-order valence-corrected chi connectivity index (χ2v) is 7.82. The average molecular weight is 428 g/mol. The Bertz CT molecular complexity index is 1190. The fourth-order valence-corrected chi connectivity index (χ4v) is 3.68. The number of methoxy groups -OCH3 is 1. The first-order valence-electron chi connectivity index (χ1n) is 8.67. The third-order valence-corrected chi connectivity index (χ3v) is 5.45. The highest BCUT2D eigenvalue weighted by Crippen LogP contribution is 2.20.